The fourth-order valence-electron chi connectivity index (χ4n) is 6.74. The van der Waals surface area contributed by atoms with Crippen molar-refractivity contribution in [2.24, 2.45) is 34.5 Å². The minimum absolute atomic E-state index is 0.0811. The average molecular weight is 422 g/mol. The Morgan fingerprint density at radius 2 is 1.93 bits per heavy atom. The number of amides is 1. The molecule has 3 N–H and O–H groups in total. The molecule has 0 saturated heterocycles. The largest absolute Gasteiger partial charge is 0.354 e. The zero-order valence-electron chi connectivity index (χ0n) is 18.1. The molecule has 5 unspecified atom stereocenters. The van der Waals surface area contributed by atoms with Crippen LogP contribution in [-0.4, -0.2) is 21.7 Å². The van der Waals surface area contributed by atoms with Gasteiger partial charge in [0.15, 0.2) is 0 Å². The summed E-state index contributed by atoms with van der Waals surface area (Å²) in [6, 6.07) is -0.583. The highest BCUT2D eigenvalue weighted by Crippen LogP contribution is 2.62. The molecule has 0 aromatic heterocycles. The summed E-state index contributed by atoms with van der Waals surface area (Å²) < 4.78 is 12.2. The van der Waals surface area contributed by atoms with Crippen LogP contribution < -0.4 is 5.32 Å². The number of fused-ring (bicyclic) bond motifs is 5. The van der Waals surface area contributed by atoms with Crippen LogP contribution in [-0.2, 0) is 9.36 Å². The molecule has 0 aromatic rings. The summed E-state index contributed by atoms with van der Waals surface area (Å²) >= 11 is 0. The fraction of sp³-hybridized carbons (Fsp3) is 0.783. The molecule has 0 bridgehead atoms. The molecule has 2 saturated carbocycles. The van der Waals surface area contributed by atoms with E-state index in [1.54, 1.807) is 6.08 Å². The fourth-order valence-corrected chi connectivity index (χ4v) is 7.63. The molecule has 2 fully saturated rings. The summed E-state index contributed by atoms with van der Waals surface area (Å²) in [6.07, 6.45) is 12.0. The molecule has 162 valence electrons. The van der Waals surface area contributed by atoms with Crippen molar-refractivity contribution >= 4 is 13.5 Å². The second kappa shape index (κ2) is 7.07. The van der Waals surface area contributed by atoms with Gasteiger partial charge in [-0.3, -0.25) is 9.36 Å². The van der Waals surface area contributed by atoms with Crippen LogP contribution >= 0.6 is 7.60 Å². The Kier molecular flexibility index (Phi) is 5.20. The number of allylic oxidation sites excluding steroid dienone is 3. The Labute approximate surface area is 174 Å². The van der Waals surface area contributed by atoms with Gasteiger partial charge in [0.25, 0.3) is 0 Å². The number of rotatable bonds is 2. The smallest absolute Gasteiger partial charge is 0.348 e. The second-order valence-electron chi connectivity index (χ2n) is 11.2. The molecule has 6 atom stereocenters. The van der Waals surface area contributed by atoms with Gasteiger partial charge < -0.3 is 15.1 Å². The second-order valence-corrected chi connectivity index (χ2v) is 12.8. The molecular weight excluding hydrogens is 385 g/mol. The normalized spacial score (nSPS) is 39.6. The zero-order chi connectivity index (χ0) is 21.2. The third-order valence-electron chi connectivity index (χ3n) is 8.33. The number of hydrogen-bond donors (Lipinski definition) is 3. The summed E-state index contributed by atoms with van der Waals surface area (Å²) in [5, 5.41) is 3.05. The van der Waals surface area contributed by atoms with Gasteiger partial charge in [0, 0.05) is 5.41 Å². The van der Waals surface area contributed by atoms with Gasteiger partial charge in [-0.05, 0) is 79.3 Å². The van der Waals surface area contributed by atoms with Crippen molar-refractivity contribution in [1.29, 1.82) is 0 Å². The quantitative estimate of drug-likeness (QED) is 0.561. The molecular formula is C23H36NO4P. The van der Waals surface area contributed by atoms with Crippen LogP contribution in [0.15, 0.2) is 23.0 Å². The molecule has 4 aliphatic carbocycles. The Balaban J connectivity index is 1.65. The maximum atomic E-state index is 12.6. The number of nitrogens with one attached hydrogen (secondary N) is 1. The Morgan fingerprint density at radius 1 is 1.21 bits per heavy atom. The minimum Gasteiger partial charge on any atom is -0.348 e. The summed E-state index contributed by atoms with van der Waals surface area (Å²) in [7, 11) is -4.43. The van der Waals surface area contributed by atoms with Gasteiger partial charge in [-0.25, -0.2) is 0 Å². The van der Waals surface area contributed by atoms with Crippen LogP contribution in [0.3, 0.4) is 0 Å². The Hall–Kier alpha value is -0.900. The average Bonchev–Trinajstić information content (AvgIpc) is 3.01. The van der Waals surface area contributed by atoms with E-state index >= 15 is 0 Å². The van der Waals surface area contributed by atoms with Crippen molar-refractivity contribution in [3.8, 4) is 0 Å². The molecule has 0 radical (unpaired) electrons. The van der Waals surface area contributed by atoms with E-state index in [-0.39, 0.29) is 11.2 Å². The van der Waals surface area contributed by atoms with E-state index in [0.29, 0.717) is 29.6 Å². The van der Waals surface area contributed by atoms with Crippen LogP contribution in [0.5, 0.6) is 0 Å². The highest BCUT2D eigenvalue weighted by Gasteiger charge is 2.53. The van der Waals surface area contributed by atoms with Gasteiger partial charge in [-0.15, -0.1) is 0 Å². The highest BCUT2D eigenvalue weighted by molar-refractivity contribution is 7.56. The van der Waals surface area contributed by atoms with Crippen molar-refractivity contribution in [1.82, 2.24) is 5.32 Å². The van der Waals surface area contributed by atoms with E-state index in [2.05, 4.69) is 18.3 Å². The highest BCUT2D eigenvalue weighted by atomic mass is 31.2. The van der Waals surface area contributed by atoms with E-state index < -0.39 is 19.1 Å². The first-order chi connectivity index (χ1) is 13.4. The van der Waals surface area contributed by atoms with Crippen LogP contribution in [0.25, 0.3) is 0 Å². The van der Waals surface area contributed by atoms with Crippen LogP contribution in [0.1, 0.15) is 72.6 Å². The van der Waals surface area contributed by atoms with Crippen molar-refractivity contribution in [2.45, 2.75) is 78.7 Å². The van der Waals surface area contributed by atoms with Gasteiger partial charge >= 0.3 is 7.60 Å². The lowest BCUT2D eigenvalue weighted by atomic mass is 9.53. The van der Waals surface area contributed by atoms with Gasteiger partial charge in [-0.1, -0.05) is 40.2 Å². The molecule has 0 heterocycles. The van der Waals surface area contributed by atoms with E-state index in [0.717, 1.165) is 17.9 Å². The molecule has 4 aliphatic rings. The molecule has 0 spiro atoms. The van der Waals surface area contributed by atoms with Crippen LogP contribution in [0.2, 0.25) is 0 Å². The van der Waals surface area contributed by atoms with Crippen LogP contribution in [0.4, 0.5) is 0 Å². The van der Waals surface area contributed by atoms with Gasteiger partial charge in [-0.2, -0.15) is 0 Å². The van der Waals surface area contributed by atoms with E-state index in [1.165, 1.54) is 32.1 Å². The Morgan fingerprint density at radius 3 is 2.59 bits per heavy atom. The summed E-state index contributed by atoms with van der Waals surface area (Å²) in [5.41, 5.74) is 0.975. The number of carbonyl (C=O) groups is 1. The lowest BCUT2D eigenvalue weighted by molar-refractivity contribution is -0.129. The lowest BCUT2D eigenvalue weighted by Crippen LogP contribution is -2.48. The van der Waals surface area contributed by atoms with Gasteiger partial charge in [0.1, 0.15) is 0 Å². The maximum Gasteiger partial charge on any atom is 0.354 e. The summed E-state index contributed by atoms with van der Waals surface area (Å²) in [6.45, 7) is 7.96. The van der Waals surface area contributed by atoms with Crippen LogP contribution in [0, 0.1) is 34.5 Å². The molecule has 1 amide bonds. The van der Waals surface area contributed by atoms with Crippen molar-refractivity contribution < 1.29 is 19.1 Å². The topological polar surface area (TPSA) is 86.6 Å². The molecule has 4 rings (SSSR count). The number of carbonyl (C=O) groups excluding carboxylic acids is 1. The minimum atomic E-state index is -4.43. The molecule has 5 nitrogen and oxygen atoms in total. The third kappa shape index (κ3) is 3.79. The summed E-state index contributed by atoms with van der Waals surface area (Å²) in [5.74, 6) is 2.14. The van der Waals surface area contributed by atoms with Crippen molar-refractivity contribution in [3.63, 3.8) is 0 Å². The van der Waals surface area contributed by atoms with Gasteiger partial charge in [0.2, 0.25) is 5.91 Å². The van der Waals surface area contributed by atoms with E-state index in [1.807, 2.05) is 20.8 Å². The molecule has 0 aliphatic heterocycles. The molecule has 0 aromatic carbocycles. The summed E-state index contributed by atoms with van der Waals surface area (Å²) in [4.78, 5) is 32.6. The Bertz CT molecular complexity index is 804. The molecule has 6 heteroatoms. The number of hydrogen-bond acceptors (Lipinski definition) is 2. The zero-order valence-corrected chi connectivity index (χ0v) is 19.0. The van der Waals surface area contributed by atoms with Crippen molar-refractivity contribution in [2.75, 3.05) is 0 Å². The predicted octanol–water partition coefficient (Wildman–Crippen LogP) is 4.76. The van der Waals surface area contributed by atoms with Gasteiger partial charge in [0.05, 0.1) is 11.4 Å². The standard InChI is InChI=1S/C23H36NO4P/c1-22(2,3)21(25)24-19-13-17-14(12-20(19)29(26,27)28)7-8-16-15(17)9-11-23(4)10-5-6-18(16)23/h7,12,15-19H,5-6,8-11,13H2,1-4H3,(H,24,25)(H2,26,27,28)/t15?,16?,17?,18?,19?,23-/m0/s1. The predicted molar refractivity (Wildman–Crippen MR) is 114 cm³/mol. The molecule has 29 heavy (non-hydrogen) atoms. The first kappa shape index (κ1) is 21.3. The third-order valence-corrected chi connectivity index (χ3v) is 9.44. The maximum absolute atomic E-state index is 12.6. The monoisotopic (exact) mass is 421 g/mol. The first-order valence-electron chi connectivity index (χ1n) is 11.2. The lowest BCUT2D eigenvalue weighted by Gasteiger charge is -2.52. The SMILES string of the molecule is CC(C)(C)C(=O)NC1CC2C(=CCC3C2CC[C@]2(C)CCCC32)C=C1P(=O)(O)O. The van der Waals surface area contributed by atoms with E-state index in [9.17, 15) is 19.1 Å². The first-order valence-corrected chi connectivity index (χ1v) is 12.8. The van der Waals surface area contributed by atoms with E-state index in [4.69, 9.17) is 0 Å². The van der Waals surface area contributed by atoms with Crippen molar-refractivity contribution in [3.05, 3.63) is 23.0 Å².